The van der Waals surface area contributed by atoms with Gasteiger partial charge in [-0.05, 0) is 61.4 Å². The molecule has 1 saturated carbocycles. The van der Waals surface area contributed by atoms with Gasteiger partial charge in [0.25, 0.3) is 0 Å². The van der Waals surface area contributed by atoms with Gasteiger partial charge in [0.15, 0.2) is 17.3 Å². The summed E-state index contributed by atoms with van der Waals surface area (Å²) in [6.45, 7) is 9.92. The lowest BCUT2D eigenvalue weighted by molar-refractivity contribution is -0.142. The van der Waals surface area contributed by atoms with Crippen LogP contribution in [0.5, 0.6) is 0 Å². The molecule has 1 fully saturated rings. The van der Waals surface area contributed by atoms with Crippen LogP contribution in [-0.2, 0) is 14.4 Å². The number of hydrogen-bond donors (Lipinski definition) is 0. The number of aryl methyl sites for hydroxylation is 2. The Morgan fingerprint density at radius 2 is 1.45 bits per heavy atom. The predicted octanol–water partition coefficient (Wildman–Crippen LogP) is 3.53. The average molecular weight is 300 g/mol. The van der Waals surface area contributed by atoms with Crippen LogP contribution in [0.4, 0.5) is 0 Å². The third-order valence-corrected chi connectivity index (χ3v) is 5.04. The molecule has 0 bridgehead atoms. The number of hydrogen-bond acceptors (Lipinski definition) is 3. The van der Waals surface area contributed by atoms with Gasteiger partial charge in [0.2, 0.25) is 0 Å². The normalized spacial score (nSPS) is 22.0. The molecule has 1 aromatic rings. The molecule has 0 spiro atoms. The van der Waals surface area contributed by atoms with Gasteiger partial charge in [-0.2, -0.15) is 0 Å². The van der Waals surface area contributed by atoms with Gasteiger partial charge in [0.1, 0.15) is 5.92 Å². The summed E-state index contributed by atoms with van der Waals surface area (Å²) < 4.78 is 0. The van der Waals surface area contributed by atoms with Crippen LogP contribution in [0.25, 0.3) is 0 Å². The molecule has 3 nitrogen and oxygen atoms in total. The van der Waals surface area contributed by atoms with Gasteiger partial charge >= 0.3 is 0 Å². The van der Waals surface area contributed by atoms with E-state index in [4.69, 9.17) is 0 Å². The third-order valence-electron chi connectivity index (χ3n) is 5.04. The molecule has 0 radical (unpaired) electrons. The van der Waals surface area contributed by atoms with Gasteiger partial charge in [-0.1, -0.05) is 13.0 Å². The van der Waals surface area contributed by atoms with Crippen LogP contribution >= 0.6 is 0 Å². The maximum absolute atomic E-state index is 12.3. The SMILES string of the molecule is CCC(=O)C1C(=O)CC(c2c(C)c(C)cc(C)c2C)CC1=O. The van der Waals surface area contributed by atoms with Gasteiger partial charge in [-0.25, -0.2) is 0 Å². The zero-order valence-corrected chi connectivity index (χ0v) is 14.1. The fourth-order valence-corrected chi connectivity index (χ4v) is 3.60. The predicted molar refractivity (Wildman–Crippen MR) is 86.2 cm³/mol. The van der Waals surface area contributed by atoms with Crippen molar-refractivity contribution in [1.29, 1.82) is 0 Å². The molecule has 1 aliphatic carbocycles. The molecule has 118 valence electrons. The maximum Gasteiger partial charge on any atom is 0.151 e. The van der Waals surface area contributed by atoms with Crippen LogP contribution in [0, 0.1) is 33.6 Å². The van der Waals surface area contributed by atoms with E-state index in [0.717, 1.165) is 16.7 Å². The summed E-state index contributed by atoms with van der Waals surface area (Å²) in [4.78, 5) is 36.5. The van der Waals surface area contributed by atoms with Gasteiger partial charge in [-0.3, -0.25) is 14.4 Å². The van der Waals surface area contributed by atoms with Gasteiger partial charge in [-0.15, -0.1) is 0 Å². The Kier molecular flexibility index (Phi) is 4.64. The summed E-state index contributed by atoms with van der Waals surface area (Å²) in [6, 6.07) is 2.14. The summed E-state index contributed by atoms with van der Waals surface area (Å²) in [5.41, 5.74) is 5.82. The Morgan fingerprint density at radius 3 is 1.86 bits per heavy atom. The van der Waals surface area contributed by atoms with Gasteiger partial charge in [0.05, 0.1) is 0 Å². The molecule has 1 aliphatic rings. The Hall–Kier alpha value is -1.77. The molecule has 2 rings (SSSR count). The molecular formula is C19H24O3. The van der Waals surface area contributed by atoms with Crippen LogP contribution in [0.2, 0.25) is 0 Å². The number of carbonyl (C=O) groups is 3. The minimum Gasteiger partial charge on any atom is -0.298 e. The molecule has 0 aromatic heterocycles. The van der Waals surface area contributed by atoms with E-state index in [9.17, 15) is 14.4 Å². The summed E-state index contributed by atoms with van der Waals surface area (Å²) >= 11 is 0. The minimum absolute atomic E-state index is 0.0838. The van der Waals surface area contributed by atoms with Crippen molar-refractivity contribution in [2.75, 3.05) is 0 Å². The van der Waals surface area contributed by atoms with Crippen LogP contribution in [-0.4, -0.2) is 17.3 Å². The van der Waals surface area contributed by atoms with Crippen LogP contribution in [0.15, 0.2) is 6.07 Å². The Labute approximate surface area is 132 Å². The molecule has 1 aromatic carbocycles. The first-order valence-corrected chi connectivity index (χ1v) is 7.93. The van der Waals surface area contributed by atoms with Crippen molar-refractivity contribution < 1.29 is 14.4 Å². The second-order valence-electron chi connectivity index (χ2n) is 6.46. The van der Waals surface area contributed by atoms with E-state index in [-0.39, 0.29) is 29.7 Å². The summed E-state index contributed by atoms with van der Waals surface area (Å²) in [6.07, 6.45) is 0.841. The van der Waals surface area contributed by atoms with E-state index < -0.39 is 5.92 Å². The minimum atomic E-state index is -1.01. The van der Waals surface area contributed by atoms with Gasteiger partial charge in [0, 0.05) is 19.3 Å². The first-order chi connectivity index (χ1) is 10.3. The smallest absolute Gasteiger partial charge is 0.151 e. The van der Waals surface area contributed by atoms with Crippen molar-refractivity contribution in [3.8, 4) is 0 Å². The highest BCUT2D eigenvalue weighted by atomic mass is 16.2. The number of ketones is 3. The molecular weight excluding hydrogens is 276 g/mol. The molecule has 0 saturated heterocycles. The number of rotatable bonds is 3. The highest BCUT2D eigenvalue weighted by Gasteiger charge is 2.40. The lowest BCUT2D eigenvalue weighted by atomic mass is 9.72. The van der Waals surface area contributed by atoms with E-state index in [1.165, 1.54) is 11.1 Å². The van der Waals surface area contributed by atoms with E-state index in [2.05, 4.69) is 33.8 Å². The van der Waals surface area contributed by atoms with Crippen molar-refractivity contribution >= 4 is 17.3 Å². The quantitative estimate of drug-likeness (QED) is 0.802. The molecule has 0 heterocycles. The zero-order valence-electron chi connectivity index (χ0n) is 14.1. The fraction of sp³-hybridized carbons (Fsp3) is 0.526. The first kappa shape index (κ1) is 16.6. The highest BCUT2D eigenvalue weighted by molar-refractivity contribution is 6.20. The average Bonchev–Trinajstić information content (AvgIpc) is 2.44. The molecule has 0 amide bonds. The second-order valence-corrected chi connectivity index (χ2v) is 6.46. The van der Waals surface area contributed by atoms with E-state index in [1.54, 1.807) is 6.92 Å². The Balaban J connectivity index is 2.40. The first-order valence-electron chi connectivity index (χ1n) is 7.93. The van der Waals surface area contributed by atoms with E-state index in [0.29, 0.717) is 12.8 Å². The third kappa shape index (κ3) is 2.77. The van der Waals surface area contributed by atoms with Crippen molar-refractivity contribution in [2.24, 2.45) is 5.92 Å². The number of Topliss-reactive ketones (excluding diaryl/α,β-unsaturated/α-hetero) is 3. The Morgan fingerprint density at radius 1 is 1.00 bits per heavy atom. The maximum atomic E-state index is 12.3. The highest BCUT2D eigenvalue weighted by Crippen LogP contribution is 2.37. The van der Waals surface area contributed by atoms with E-state index >= 15 is 0 Å². The van der Waals surface area contributed by atoms with Crippen molar-refractivity contribution in [1.82, 2.24) is 0 Å². The summed E-state index contributed by atoms with van der Waals surface area (Å²) in [7, 11) is 0. The molecule has 22 heavy (non-hydrogen) atoms. The summed E-state index contributed by atoms with van der Waals surface area (Å²) in [5.74, 6) is -1.73. The van der Waals surface area contributed by atoms with Crippen molar-refractivity contribution in [3.63, 3.8) is 0 Å². The van der Waals surface area contributed by atoms with Crippen LogP contribution in [0.3, 0.4) is 0 Å². The standard InChI is InChI=1S/C19H24O3/c1-6-15(20)19-16(21)8-14(9-17(19)22)18-12(4)10(2)7-11(3)13(18)5/h7,14,19H,6,8-9H2,1-5H3. The largest absolute Gasteiger partial charge is 0.298 e. The molecule has 0 N–H and O–H groups in total. The zero-order chi connectivity index (χ0) is 16.6. The lowest BCUT2D eigenvalue weighted by Gasteiger charge is -2.29. The van der Waals surface area contributed by atoms with Crippen LogP contribution < -0.4 is 0 Å². The molecule has 0 unspecified atom stereocenters. The van der Waals surface area contributed by atoms with Crippen molar-refractivity contribution in [3.05, 3.63) is 33.9 Å². The van der Waals surface area contributed by atoms with Crippen LogP contribution in [0.1, 0.15) is 59.9 Å². The monoisotopic (exact) mass is 300 g/mol. The summed E-state index contributed by atoms with van der Waals surface area (Å²) in [5, 5.41) is 0. The Bertz CT molecular complexity index is 611. The van der Waals surface area contributed by atoms with Gasteiger partial charge < -0.3 is 0 Å². The number of benzene rings is 1. The molecule has 0 atom stereocenters. The van der Waals surface area contributed by atoms with Crippen molar-refractivity contribution in [2.45, 2.75) is 59.8 Å². The molecule has 0 aliphatic heterocycles. The second kappa shape index (κ2) is 6.15. The molecule has 3 heteroatoms. The number of carbonyl (C=O) groups excluding carboxylic acids is 3. The lowest BCUT2D eigenvalue weighted by Crippen LogP contribution is -2.38. The van der Waals surface area contributed by atoms with E-state index in [1.807, 2.05) is 0 Å². The fourth-order valence-electron chi connectivity index (χ4n) is 3.60. The topological polar surface area (TPSA) is 51.2 Å².